The normalized spacial score (nSPS) is 14.4. The van der Waals surface area contributed by atoms with E-state index in [0.717, 1.165) is 24.2 Å². The molecule has 0 saturated heterocycles. The van der Waals surface area contributed by atoms with Crippen molar-refractivity contribution in [3.63, 3.8) is 0 Å². The van der Waals surface area contributed by atoms with Gasteiger partial charge in [-0.15, -0.1) is 0 Å². The van der Waals surface area contributed by atoms with Crippen molar-refractivity contribution in [3.05, 3.63) is 28.8 Å². The van der Waals surface area contributed by atoms with Crippen molar-refractivity contribution < 1.29 is 4.74 Å². The van der Waals surface area contributed by atoms with Crippen molar-refractivity contribution in [3.8, 4) is 5.75 Å². The van der Waals surface area contributed by atoms with E-state index in [1.54, 1.807) is 7.11 Å². The van der Waals surface area contributed by atoms with E-state index in [0.29, 0.717) is 10.9 Å². The maximum atomic E-state index is 6.02. The van der Waals surface area contributed by atoms with Crippen LogP contribution in [0.2, 0.25) is 5.02 Å². The molecular formula is C13H21ClN2O. The molecule has 1 aromatic rings. The summed E-state index contributed by atoms with van der Waals surface area (Å²) >= 11 is 6.02. The molecule has 0 fully saturated rings. The lowest BCUT2D eigenvalue weighted by atomic mass is 9.94. The molecule has 0 aliphatic rings. The Labute approximate surface area is 108 Å². The second kappa shape index (κ2) is 6.84. The Balaban J connectivity index is 2.97. The van der Waals surface area contributed by atoms with Crippen LogP contribution in [0.25, 0.3) is 0 Å². The van der Waals surface area contributed by atoms with E-state index in [1.165, 1.54) is 0 Å². The molecule has 0 aliphatic carbocycles. The first-order valence-corrected chi connectivity index (χ1v) is 6.29. The first-order valence-electron chi connectivity index (χ1n) is 5.91. The summed E-state index contributed by atoms with van der Waals surface area (Å²) in [4.78, 5) is 0. The zero-order valence-corrected chi connectivity index (χ0v) is 11.4. The van der Waals surface area contributed by atoms with Crippen molar-refractivity contribution in [1.82, 2.24) is 5.43 Å². The van der Waals surface area contributed by atoms with Crippen LogP contribution in [0.4, 0.5) is 0 Å². The number of rotatable bonds is 6. The highest BCUT2D eigenvalue weighted by Gasteiger charge is 2.17. The second-order valence-corrected chi connectivity index (χ2v) is 4.79. The van der Waals surface area contributed by atoms with Gasteiger partial charge in [-0.1, -0.05) is 31.9 Å². The van der Waals surface area contributed by atoms with Crippen molar-refractivity contribution in [1.29, 1.82) is 0 Å². The van der Waals surface area contributed by atoms with Gasteiger partial charge in [0.05, 0.1) is 7.11 Å². The molecule has 0 bridgehead atoms. The summed E-state index contributed by atoms with van der Waals surface area (Å²) in [6.07, 6.45) is 2.09. The van der Waals surface area contributed by atoms with Gasteiger partial charge in [0.15, 0.2) is 0 Å². The minimum atomic E-state index is 0.0681. The zero-order valence-electron chi connectivity index (χ0n) is 10.7. The van der Waals surface area contributed by atoms with Crippen LogP contribution in [0, 0.1) is 5.92 Å². The summed E-state index contributed by atoms with van der Waals surface area (Å²) in [6, 6.07) is 5.67. The number of hydrazine groups is 1. The average Bonchev–Trinajstić information content (AvgIpc) is 2.35. The molecule has 1 aromatic carbocycles. The zero-order chi connectivity index (χ0) is 12.8. The van der Waals surface area contributed by atoms with E-state index in [1.807, 2.05) is 18.2 Å². The van der Waals surface area contributed by atoms with Crippen molar-refractivity contribution >= 4 is 11.6 Å². The quantitative estimate of drug-likeness (QED) is 0.607. The van der Waals surface area contributed by atoms with Crippen molar-refractivity contribution in [2.24, 2.45) is 11.8 Å². The minimum absolute atomic E-state index is 0.0681. The Hall–Kier alpha value is -0.770. The molecule has 2 unspecified atom stereocenters. The first-order chi connectivity index (χ1) is 8.12. The number of methoxy groups -OCH3 is 1. The van der Waals surface area contributed by atoms with Gasteiger partial charge >= 0.3 is 0 Å². The largest absolute Gasteiger partial charge is 0.496 e. The highest BCUT2D eigenvalue weighted by atomic mass is 35.5. The Morgan fingerprint density at radius 1 is 1.47 bits per heavy atom. The summed E-state index contributed by atoms with van der Waals surface area (Å²) < 4.78 is 5.34. The lowest BCUT2D eigenvalue weighted by molar-refractivity contribution is 0.373. The van der Waals surface area contributed by atoms with Gasteiger partial charge in [0, 0.05) is 16.6 Å². The molecule has 17 heavy (non-hydrogen) atoms. The number of benzene rings is 1. The Bertz CT molecular complexity index is 357. The first kappa shape index (κ1) is 14.3. The molecule has 3 nitrogen and oxygen atoms in total. The monoisotopic (exact) mass is 256 g/mol. The van der Waals surface area contributed by atoms with Gasteiger partial charge in [-0.25, -0.2) is 0 Å². The van der Waals surface area contributed by atoms with Crippen LogP contribution >= 0.6 is 11.6 Å². The van der Waals surface area contributed by atoms with Crippen LogP contribution in [0.1, 0.15) is 38.3 Å². The topological polar surface area (TPSA) is 47.3 Å². The van der Waals surface area contributed by atoms with Crippen LogP contribution in [-0.4, -0.2) is 7.11 Å². The molecule has 1 rings (SSSR count). The summed E-state index contributed by atoms with van der Waals surface area (Å²) in [6.45, 7) is 4.38. The highest BCUT2D eigenvalue weighted by Crippen LogP contribution is 2.31. The molecule has 0 aliphatic heterocycles. The predicted molar refractivity (Wildman–Crippen MR) is 72.1 cm³/mol. The summed E-state index contributed by atoms with van der Waals surface area (Å²) in [5.41, 5.74) is 3.86. The van der Waals surface area contributed by atoms with E-state index in [2.05, 4.69) is 19.3 Å². The molecule has 0 heterocycles. The van der Waals surface area contributed by atoms with E-state index in [-0.39, 0.29) is 6.04 Å². The third-order valence-corrected chi connectivity index (χ3v) is 3.34. The standard InChI is InChI=1S/C13H21ClN2O/c1-4-9(2)7-12(16-15)11-8-10(14)5-6-13(11)17-3/h5-6,8-9,12,16H,4,7,15H2,1-3H3. The number of nitrogens with two attached hydrogens (primary N) is 1. The van der Waals surface area contributed by atoms with Crippen LogP contribution in [0.5, 0.6) is 5.75 Å². The molecule has 0 saturated carbocycles. The Morgan fingerprint density at radius 3 is 2.71 bits per heavy atom. The third-order valence-electron chi connectivity index (χ3n) is 3.10. The van der Waals surface area contributed by atoms with Crippen LogP contribution in [0.3, 0.4) is 0 Å². The maximum absolute atomic E-state index is 6.02. The molecule has 0 spiro atoms. The predicted octanol–water partition coefficient (Wildman–Crippen LogP) is 3.29. The smallest absolute Gasteiger partial charge is 0.123 e. The lowest BCUT2D eigenvalue weighted by Gasteiger charge is -2.22. The number of halogens is 1. The average molecular weight is 257 g/mol. The fraction of sp³-hybridized carbons (Fsp3) is 0.538. The Morgan fingerprint density at radius 2 is 2.18 bits per heavy atom. The van der Waals surface area contributed by atoms with Gasteiger partial charge in [0.1, 0.15) is 5.75 Å². The highest BCUT2D eigenvalue weighted by molar-refractivity contribution is 6.30. The number of ether oxygens (including phenoxy) is 1. The number of hydrogen-bond donors (Lipinski definition) is 2. The van der Waals surface area contributed by atoms with Gasteiger partial charge in [-0.05, 0) is 30.5 Å². The van der Waals surface area contributed by atoms with Crippen LogP contribution in [-0.2, 0) is 0 Å². The molecule has 96 valence electrons. The van der Waals surface area contributed by atoms with Crippen molar-refractivity contribution in [2.45, 2.75) is 32.7 Å². The van der Waals surface area contributed by atoms with Gasteiger partial charge in [0.25, 0.3) is 0 Å². The van der Waals surface area contributed by atoms with Crippen LogP contribution in [0.15, 0.2) is 18.2 Å². The molecule has 0 aromatic heterocycles. The number of nitrogens with one attached hydrogen (secondary N) is 1. The van der Waals surface area contributed by atoms with E-state index < -0.39 is 0 Å². The number of hydrogen-bond acceptors (Lipinski definition) is 3. The molecule has 4 heteroatoms. The van der Waals surface area contributed by atoms with Gasteiger partial charge in [0.2, 0.25) is 0 Å². The molecule has 0 radical (unpaired) electrons. The van der Waals surface area contributed by atoms with Crippen LogP contribution < -0.4 is 16.0 Å². The maximum Gasteiger partial charge on any atom is 0.123 e. The summed E-state index contributed by atoms with van der Waals surface area (Å²) in [5, 5.41) is 0.699. The molecule has 2 atom stereocenters. The van der Waals surface area contributed by atoms with Gasteiger partial charge in [-0.2, -0.15) is 0 Å². The van der Waals surface area contributed by atoms with Gasteiger partial charge < -0.3 is 4.74 Å². The fourth-order valence-corrected chi connectivity index (χ4v) is 2.01. The van der Waals surface area contributed by atoms with Crippen molar-refractivity contribution in [2.75, 3.05) is 7.11 Å². The minimum Gasteiger partial charge on any atom is -0.496 e. The fourth-order valence-electron chi connectivity index (χ4n) is 1.83. The third kappa shape index (κ3) is 3.87. The molecular weight excluding hydrogens is 236 g/mol. The summed E-state index contributed by atoms with van der Waals surface area (Å²) in [7, 11) is 1.66. The molecule has 0 amide bonds. The van der Waals surface area contributed by atoms with E-state index >= 15 is 0 Å². The van der Waals surface area contributed by atoms with E-state index in [9.17, 15) is 0 Å². The Kier molecular flexibility index (Phi) is 5.75. The van der Waals surface area contributed by atoms with Gasteiger partial charge in [-0.3, -0.25) is 11.3 Å². The summed E-state index contributed by atoms with van der Waals surface area (Å²) in [5.74, 6) is 7.05. The lowest BCUT2D eigenvalue weighted by Crippen LogP contribution is -2.29. The van der Waals surface area contributed by atoms with E-state index in [4.69, 9.17) is 22.2 Å². The SMILES string of the molecule is CCC(C)CC(NN)c1cc(Cl)ccc1OC. The molecule has 3 N–H and O–H groups in total. The second-order valence-electron chi connectivity index (χ2n) is 4.35.